The summed E-state index contributed by atoms with van der Waals surface area (Å²) in [4.78, 5) is 18.8. The fourth-order valence-electron chi connectivity index (χ4n) is 1.60. The van der Waals surface area contributed by atoms with Crippen LogP contribution in [0.2, 0.25) is 0 Å². The van der Waals surface area contributed by atoms with E-state index in [4.69, 9.17) is 5.11 Å². The molecule has 1 N–H and O–H groups in total. The number of thiazole rings is 1. The first-order valence-electron chi connectivity index (χ1n) is 5.38. The highest BCUT2D eigenvalue weighted by Crippen LogP contribution is 2.34. The van der Waals surface area contributed by atoms with Gasteiger partial charge in [-0.1, -0.05) is 11.3 Å². The molecule has 2 rings (SSSR count). The van der Waals surface area contributed by atoms with E-state index in [2.05, 4.69) is 23.7 Å². The van der Waals surface area contributed by atoms with Crippen LogP contribution in [0, 0.1) is 0 Å². The van der Waals surface area contributed by atoms with Crippen LogP contribution in [0.5, 0.6) is 0 Å². The monoisotopic (exact) mass is 270 g/mol. The number of aliphatic hydroxyl groups excluding tert-OH is 1. The van der Waals surface area contributed by atoms with Gasteiger partial charge in [0, 0.05) is 12.6 Å². The second kappa shape index (κ2) is 5.12. The highest BCUT2D eigenvalue weighted by molar-refractivity contribution is 7.29. The Labute approximate surface area is 108 Å². The lowest BCUT2D eigenvalue weighted by Gasteiger charge is -2.24. The maximum Gasteiger partial charge on any atom is 0.187 e. The number of thiophene rings is 1. The molecule has 2 aromatic rings. The van der Waals surface area contributed by atoms with Gasteiger partial charge in [0.1, 0.15) is 4.83 Å². The van der Waals surface area contributed by atoms with E-state index in [9.17, 15) is 4.79 Å². The van der Waals surface area contributed by atoms with Gasteiger partial charge >= 0.3 is 0 Å². The third-order valence-electron chi connectivity index (χ3n) is 2.42. The zero-order valence-electron chi connectivity index (χ0n) is 9.71. The quantitative estimate of drug-likeness (QED) is 0.848. The molecule has 4 nitrogen and oxygen atoms in total. The molecule has 92 valence electrons. The van der Waals surface area contributed by atoms with Crippen molar-refractivity contribution in [2.45, 2.75) is 19.9 Å². The summed E-state index contributed by atoms with van der Waals surface area (Å²) in [5, 5.41) is 9.96. The van der Waals surface area contributed by atoms with Gasteiger partial charge in [-0.05, 0) is 19.9 Å². The highest BCUT2D eigenvalue weighted by atomic mass is 32.1. The molecule has 0 fully saturated rings. The number of aldehydes is 1. The molecule has 0 aromatic carbocycles. The van der Waals surface area contributed by atoms with E-state index in [1.54, 1.807) is 11.3 Å². The molecule has 0 bridgehead atoms. The molecule has 0 amide bonds. The minimum atomic E-state index is 0.116. The first kappa shape index (κ1) is 12.5. The van der Waals surface area contributed by atoms with Gasteiger partial charge in [-0.2, -0.15) is 0 Å². The number of carbonyl (C=O) groups is 1. The molecule has 6 heteroatoms. The highest BCUT2D eigenvalue weighted by Gasteiger charge is 2.16. The smallest absolute Gasteiger partial charge is 0.187 e. The van der Waals surface area contributed by atoms with E-state index in [1.807, 2.05) is 6.07 Å². The van der Waals surface area contributed by atoms with E-state index in [1.165, 1.54) is 11.3 Å². The second-order valence-electron chi connectivity index (χ2n) is 3.94. The Morgan fingerprint density at radius 3 is 2.82 bits per heavy atom. The molecule has 2 heterocycles. The molecule has 0 unspecified atom stereocenters. The Hall–Kier alpha value is -0.980. The number of rotatable bonds is 5. The number of hydrogen-bond donors (Lipinski definition) is 1. The van der Waals surface area contributed by atoms with Gasteiger partial charge in [0.05, 0.1) is 16.2 Å². The van der Waals surface area contributed by atoms with Gasteiger partial charge in [-0.15, -0.1) is 11.3 Å². The van der Waals surface area contributed by atoms with Crippen LogP contribution in [0.15, 0.2) is 6.07 Å². The largest absolute Gasteiger partial charge is 0.395 e. The van der Waals surface area contributed by atoms with Crippen LogP contribution in [0.3, 0.4) is 0 Å². The lowest BCUT2D eigenvalue weighted by atomic mass is 10.3. The van der Waals surface area contributed by atoms with Crippen molar-refractivity contribution in [3.8, 4) is 0 Å². The van der Waals surface area contributed by atoms with Crippen LogP contribution in [-0.2, 0) is 0 Å². The van der Waals surface area contributed by atoms with E-state index < -0.39 is 0 Å². The van der Waals surface area contributed by atoms with E-state index >= 15 is 0 Å². The molecular weight excluding hydrogens is 256 g/mol. The van der Waals surface area contributed by atoms with E-state index in [0.717, 1.165) is 20.9 Å². The fraction of sp³-hybridized carbons (Fsp3) is 0.455. The molecule has 0 saturated heterocycles. The summed E-state index contributed by atoms with van der Waals surface area (Å²) in [5.41, 5.74) is 0. The summed E-state index contributed by atoms with van der Waals surface area (Å²) in [7, 11) is 0. The topological polar surface area (TPSA) is 53.4 Å². The molecule has 0 radical (unpaired) electrons. The number of carbonyl (C=O) groups excluding carboxylic acids is 1. The SMILES string of the molecule is CC(C)N(CCO)c1nc2sc(C=O)cc2s1. The minimum Gasteiger partial charge on any atom is -0.395 e. The van der Waals surface area contributed by atoms with Gasteiger partial charge in [0.2, 0.25) is 0 Å². The summed E-state index contributed by atoms with van der Waals surface area (Å²) >= 11 is 2.97. The first-order valence-corrected chi connectivity index (χ1v) is 7.02. The standard InChI is InChI=1S/C11H14N2O2S2/c1-7(2)13(3-4-14)11-12-10-9(17-11)5-8(6-15)16-10/h5-7,14H,3-4H2,1-2H3. The van der Waals surface area contributed by atoms with Crippen LogP contribution < -0.4 is 4.90 Å². The van der Waals surface area contributed by atoms with E-state index in [-0.39, 0.29) is 6.61 Å². The van der Waals surface area contributed by atoms with Crippen LogP contribution in [0.1, 0.15) is 23.5 Å². The van der Waals surface area contributed by atoms with Gasteiger partial charge in [0.25, 0.3) is 0 Å². The van der Waals surface area contributed by atoms with Crippen LogP contribution in [0.4, 0.5) is 5.13 Å². The molecule has 0 spiro atoms. The van der Waals surface area contributed by atoms with Gasteiger partial charge in [0.15, 0.2) is 11.4 Å². The Morgan fingerprint density at radius 2 is 2.29 bits per heavy atom. The maximum absolute atomic E-state index is 10.6. The molecule has 2 aromatic heterocycles. The Kier molecular flexibility index (Phi) is 3.76. The van der Waals surface area contributed by atoms with Crippen molar-refractivity contribution in [1.29, 1.82) is 0 Å². The summed E-state index contributed by atoms with van der Waals surface area (Å²) in [6.07, 6.45) is 0.854. The van der Waals surface area contributed by atoms with Crippen molar-refractivity contribution >= 4 is 43.6 Å². The third-order valence-corrected chi connectivity index (χ3v) is 4.55. The summed E-state index contributed by atoms with van der Waals surface area (Å²) in [6.45, 7) is 4.84. The Bertz CT molecular complexity index is 487. The Morgan fingerprint density at radius 1 is 1.53 bits per heavy atom. The lowest BCUT2D eigenvalue weighted by molar-refractivity contribution is 0.112. The zero-order valence-corrected chi connectivity index (χ0v) is 11.3. The van der Waals surface area contributed by atoms with Gasteiger partial charge < -0.3 is 10.0 Å². The average Bonchev–Trinajstić information content (AvgIpc) is 2.82. The number of anilines is 1. The van der Waals surface area contributed by atoms with Crippen LogP contribution in [0.25, 0.3) is 9.53 Å². The average molecular weight is 270 g/mol. The first-order chi connectivity index (χ1) is 8.15. The molecule has 0 aliphatic rings. The number of aromatic nitrogens is 1. The minimum absolute atomic E-state index is 0.116. The molecule has 0 aliphatic heterocycles. The summed E-state index contributed by atoms with van der Waals surface area (Å²) in [5.74, 6) is 0. The molecule has 0 saturated carbocycles. The van der Waals surface area contributed by atoms with Crippen molar-refractivity contribution in [2.24, 2.45) is 0 Å². The zero-order chi connectivity index (χ0) is 12.4. The normalized spacial score (nSPS) is 11.3. The molecule has 17 heavy (non-hydrogen) atoms. The van der Waals surface area contributed by atoms with Crippen molar-refractivity contribution in [3.05, 3.63) is 10.9 Å². The Balaban J connectivity index is 2.34. The number of aliphatic hydroxyl groups is 1. The van der Waals surface area contributed by atoms with Gasteiger partial charge in [-0.3, -0.25) is 4.79 Å². The van der Waals surface area contributed by atoms with Crippen molar-refractivity contribution in [3.63, 3.8) is 0 Å². The summed E-state index contributed by atoms with van der Waals surface area (Å²) < 4.78 is 1.04. The van der Waals surface area contributed by atoms with Crippen LogP contribution >= 0.6 is 22.7 Å². The number of nitrogens with zero attached hydrogens (tertiary/aromatic N) is 2. The maximum atomic E-state index is 10.6. The van der Waals surface area contributed by atoms with E-state index in [0.29, 0.717) is 17.5 Å². The predicted molar refractivity (Wildman–Crippen MR) is 72.5 cm³/mol. The molecule has 0 aliphatic carbocycles. The van der Waals surface area contributed by atoms with Gasteiger partial charge in [-0.25, -0.2) is 4.98 Å². The van der Waals surface area contributed by atoms with Crippen molar-refractivity contribution < 1.29 is 9.90 Å². The predicted octanol–water partition coefficient (Wildman–Crippen LogP) is 2.38. The molecule has 0 atom stereocenters. The number of hydrogen-bond acceptors (Lipinski definition) is 6. The third kappa shape index (κ3) is 2.48. The van der Waals surface area contributed by atoms with Crippen molar-refractivity contribution in [2.75, 3.05) is 18.1 Å². The summed E-state index contributed by atoms with van der Waals surface area (Å²) in [6, 6.07) is 2.17. The van der Waals surface area contributed by atoms with Crippen LogP contribution in [-0.4, -0.2) is 35.6 Å². The molecular formula is C11H14N2O2S2. The second-order valence-corrected chi connectivity index (χ2v) is 6.01. The fourth-order valence-corrected chi connectivity index (χ4v) is 3.80. The lowest BCUT2D eigenvalue weighted by Crippen LogP contribution is -2.33. The number of fused-ring (bicyclic) bond motifs is 1. The van der Waals surface area contributed by atoms with Crippen molar-refractivity contribution in [1.82, 2.24) is 4.98 Å².